The Bertz CT molecular complexity index is 480. The third kappa shape index (κ3) is 3.20. The minimum absolute atomic E-state index is 0.782. The Morgan fingerprint density at radius 2 is 2.00 bits per heavy atom. The van der Waals surface area contributed by atoms with Crippen molar-refractivity contribution in [1.82, 2.24) is 10.2 Å². The predicted octanol–water partition coefficient (Wildman–Crippen LogP) is 3.31. The second-order valence-corrected chi connectivity index (χ2v) is 6.85. The number of ether oxygens (including phenoxy) is 1. The molecule has 116 valence electrons. The molecule has 2 saturated heterocycles. The van der Waals surface area contributed by atoms with Gasteiger partial charge >= 0.3 is 0 Å². The van der Waals surface area contributed by atoms with E-state index in [4.69, 9.17) is 16.3 Å². The van der Waals surface area contributed by atoms with E-state index in [1.807, 2.05) is 18.2 Å². The molecule has 0 amide bonds. The van der Waals surface area contributed by atoms with Crippen molar-refractivity contribution in [2.75, 3.05) is 20.7 Å². The van der Waals surface area contributed by atoms with Gasteiger partial charge in [0.15, 0.2) is 0 Å². The van der Waals surface area contributed by atoms with E-state index in [-0.39, 0.29) is 0 Å². The second-order valence-electron chi connectivity index (χ2n) is 6.44. The smallest absolute Gasteiger partial charge is 0.124 e. The summed E-state index contributed by atoms with van der Waals surface area (Å²) in [5.74, 6) is 1.67. The van der Waals surface area contributed by atoms with Crippen molar-refractivity contribution in [2.45, 2.75) is 44.3 Å². The molecule has 21 heavy (non-hydrogen) atoms. The van der Waals surface area contributed by atoms with E-state index < -0.39 is 0 Å². The van der Waals surface area contributed by atoms with Gasteiger partial charge in [0.25, 0.3) is 0 Å². The molecule has 2 atom stereocenters. The Balaban J connectivity index is 1.53. The van der Waals surface area contributed by atoms with E-state index in [0.29, 0.717) is 0 Å². The van der Waals surface area contributed by atoms with Crippen LogP contribution in [0.1, 0.15) is 31.2 Å². The Kier molecular flexibility index (Phi) is 4.72. The largest absolute Gasteiger partial charge is 0.496 e. The number of hydrogen-bond acceptors (Lipinski definition) is 3. The van der Waals surface area contributed by atoms with Crippen molar-refractivity contribution in [3.05, 3.63) is 28.8 Å². The molecule has 0 aliphatic carbocycles. The van der Waals surface area contributed by atoms with Crippen LogP contribution in [-0.2, 0) is 6.54 Å². The fourth-order valence-electron chi connectivity index (χ4n) is 3.99. The van der Waals surface area contributed by atoms with Crippen LogP contribution in [0.5, 0.6) is 5.75 Å². The van der Waals surface area contributed by atoms with Crippen LogP contribution in [-0.4, -0.2) is 37.7 Å². The number of rotatable bonds is 5. The van der Waals surface area contributed by atoms with E-state index >= 15 is 0 Å². The van der Waals surface area contributed by atoms with Gasteiger partial charge in [-0.3, -0.25) is 0 Å². The average Bonchev–Trinajstić information content (AvgIpc) is 2.71. The van der Waals surface area contributed by atoms with Gasteiger partial charge in [-0.15, -0.1) is 0 Å². The third-order valence-corrected chi connectivity index (χ3v) is 5.58. The monoisotopic (exact) mass is 308 g/mol. The van der Waals surface area contributed by atoms with E-state index in [1.54, 1.807) is 7.11 Å². The summed E-state index contributed by atoms with van der Waals surface area (Å²) >= 11 is 6.28. The summed E-state index contributed by atoms with van der Waals surface area (Å²) < 4.78 is 5.40. The van der Waals surface area contributed by atoms with Crippen LogP contribution in [0.25, 0.3) is 0 Å². The van der Waals surface area contributed by atoms with Gasteiger partial charge in [-0.1, -0.05) is 17.7 Å². The van der Waals surface area contributed by atoms with Crippen LogP contribution >= 0.6 is 11.6 Å². The highest BCUT2D eigenvalue weighted by atomic mass is 35.5. The standard InChI is InChI=1S/C17H25ClN2O/c1-20-13-6-7-14(20)9-12(8-13)10-19-11-15-16(18)4-3-5-17(15)21-2/h3-5,12-14,19H,6-11H2,1-2H3. The van der Waals surface area contributed by atoms with Gasteiger partial charge in [-0.05, 0) is 57.3 Å². The lowest BCUT2D eigenvalue weighted by Crippen LogP contribution is -2.42. The normalized spacial score (nSPS) is 28.8. The van der Waals surface area contributed by atoms with Crippen LogP contribution in [0.4, 0.5) is 0 Å². The molecule has 3 nitrogen and oxygen atoms in total. The molecule has 2 fully saturated rings. The number of piperidine rings is 1. The van der Waals surface area contributed by atoms with Crippen LogP contribution in [0.3, 0.4) is 0 Å². The molecule has 0 saturated carbocycles. The Morgan fingerprint density at radius 1 is 1.29 bits per heavy atom. The van der Waals surface area contributed by atoms with Crippen molar-refractivity contribution in [3.8, 4) is 5.75 Å². The van der Waals surface area contributed by atoms with Gasteiger partial charge in [-0.2, -0.15) is 0 Å². The zero-order valence-electron chi connectivity index (χ0n) is 12.9. The molecule has 0 radical (unpaired) electrons. The van der Waals surface area contributed by atoms with Crippen LogP contribution in [0, 0.1) is 5.92 Å². The number of nitrogens with zero attached hydrogens (tertiary/aromatic N) is 1. The molecule has 4 heteroatoms. The summed E-state index contributed by atoms with van der Waals surface area (Å²) in [7, 11) is 3.99. The molecule has 1 aromatic carbocycles. The Labute approximate surface area is 132 Å². The Hall–Kier alpha value is -0.770. The molecule has 3 rings (SSSR count). The lowest BCUT2D eigenvalue weighted by molar-refractivity contribution is 0.133. The quantitative estimate of drug-likeness (QED) is 0.903. The summed E-state index contributed by atoms with van der Waals surface area (Å²) in [6.07, 6.45) is 5.44. The molecular formula is C17H25ClN2O. The number of hydrogen-bond donors (Lipinski definition) is 1. The van der Waals surface area contributed by atoms with Crippen LogP contribution in [0.2, 0.25) is 5.02 Å². The SMILES string of the molecule is COc1cccc(Cl)c1CNCC1CC2CCC(C1)N2C. The summed E-state index contributed by atoms with van der Waals surface area (Å²) in [5.41, 5.74) is 1.07. The molecule has 2 aliphatic rings. The molecule has 2 heterocycles. The van der Waals surface area contributed by atoms with Gasteiger partial charge in [0.2, 0.25) is 0 Å². The third-order valence-electron chi connectivity index (χ3n) is 5.23. The molecule has 0 spiro atoms. The van der Waals surface area contributed by atoms with Gasteiger partial charge in [-0.25, -0.2) is 0 Å². The summed E-state index contributed by atoms with van der Waals surface area (Å²) in [4.78, 5) is 2.59. The van der Waals surface area contributed by atoms with E-state index in [0.717, 1.165) is 47.4 Å². The van der Waals surface area contributed by atoms with Crippen molar-refractivity contribution in [2.24, 2.45) is 5.92 Å². The molecule has 0 aromatic heterocycles. The molecule has 1 N–H and O–H groups in total. The number of fused-ring (bicyclic) bond motifs is 2. The zero-order valence-corrected chi connectivity index (χ0v) is 13.7. The average molecular weight is 309 g/mol. The summed E-state index contributed by atoms with van der Waals surface area (Å²) in [6, 6.07) is 7.45. The van der Waals surface area contributed by atoms with E-state index in [1.165, 1.54) is 25.7 Å². The van der Waals surface area contributed by atoms with E-state index in [2.05, 4.69) is 17.3 Å². The topological polar surface area (TPSA) is 24.5 Å². The predicted molar refractivity (Wildman–Crippen MR) is 87.0 cm³/mol. The molecular weight excluding hydrogens is 284 g/mol. The maximum absolute atomic E-state index is 6.28. The molecule has 2 aliphatic heterocycles. The van der Waals surface area contributed by atoms with E-state index in [9.17, 15) is 0 Å². The highest BCUT2D eigenvalue weighted by Crippen LogP contribution is 2.37. The van der Waals surface area contributed by atoms with Gasteiger partial charge in [0.1, 0.15) is 5.75 Å². The second kappa shape index (κ2) is 6.55. The van der Waals surface area contributed by atoms with Gasteiger partial charge < -0.3 is 15.0 Å². The summed E-state index contributed by atoms with van der Waals surface area (Å²) in [6.45, 7) is 1.86. The Morgan fingerprint density at radius 3 is 2.67 bits per heavy atom. The van der Waals surface area contributed by atoms with Crippen molar-refractivity contribution in [3.63, 3.8) is 0 Å². The molecule has 1 aromatic rings. The maximum atomic E-state index is 6.28. The first-order chi connectivity index (χ1) is 10.2. The van der Waals surface area contributed by atoms with Crippen LogP contribution in [0.15, 0.2) is 18.2 Å². The number of methoxy groups -OCH3 is 1. The zero-order chi connectivity index (χ0) is 14.8. The first kappa shape index (κ1) is 15.1. The fourth-order valence-corrected chi connectivity index (χ4v) is 4.23. The minimum atomic E-state index is 0.782. The van der Waals surface area contributed by atoms with Crippen molar-refractivity contribution in [1.29, 1.82) is 0 Å². The molecule has 2 unspecified atom stereocenters. The first-order valence-electron chi connectivity index (χ1n) is 7.93. The van der Waals surface area contributed by atoms with Gasteiger partial charge in [0, 0.05) is 29.2 Å². The van der Waals surface area contributed by atoms with Gasteiger partial charge in [0.05, 0.1) is 7.11 Å². The number of halogens is 1. The van der Waals surface area contributed by atoms with Crippen molar-refractivity contribution >= 4 is 11.6 Å². The summed E-state index contributed by atoms with van der Waals surface area (Å²) in [5, 5.41) is 4.37. The highest BCUT2D eigenvalue weighted by Gasteiger charge is 2.37. The molecule has 2 bridgehead atoms. The number of benzene rings is 1. The van der Waals surface area contributed by atoms with Crippen LogP contribution < -0.4 is 10.1 Å². The lowest BCUT2D eigenvalue weighted by atomic mass is 9.91. The fraction of sp³-hybridized carbons (Fsp3) is 0.647. The first-order valence-corrected chi connectivity index (χ1v) is 8.31. The minimum Gasteiger partial charge on any atom is -0.496 e. The number of nitrogens with one attached hydrogen (secondary N) is 1. The highest BCUT2D eigenvalue weighted by molar-refractivity contribution is 6.31. The van der Waals surface area contributed by atoms with Crippen molar-refractivity contribution < 1.29 is 4.74 Å². The lowest BCUT2D eigenvalue weighted by Gasteiger charge is -2.36. The maximum Gasteiger partial charge on any atom is 0.124 e.